The Morgan fingerprint density at radius 3 is 2.62 bits per heavy atom. The maximum absolute atomic E-state index is 11.5. The van der Waals surface area contributed by atoms with Crippen LogP contribution in [0.25, 0.3) is 0 Å². The molecule has 0 aromatic heterocycles. The Bertz CT molecular complexity index is 482. The fraction of sp³-hybridized carbons (Fsp3) is 0.611. The molecule has 0 amide bonds. The first-order valence-electron chi connectivity index (χ1n) is 7.86. The van der Waals surface area contributed by atoms with Crippen molar-refractivity contribution >= 4 is 5.97 Å². The van der Waals surface area contributed by atoms with Crippen molar-refractivity contribution < 1.29 is 9.53 Å². The van der Waals surface area contributed by atoms with Crippen molar-refractivity contribution in [3.8, 4) is 0 Å². The molecule has 0 unspecified atom stereocenters. The van der Waals surface area contributed by atoms with Crippen molar-refractivity contribution in [3.63, 3.8) is 0 Å². The van der Waals surface area contributed by atoms with E-state index >= 15 is 0 Å². The Morgan fingerprint density at radius 1 is 1.19 bits per heavy atom. The summed E-state index contributed by atoms with van der Waals surface area (Å²) < 4.78 is 4.79. The van der Waals surface area contributed by atoms with Crippen LogP contribution in [0.1, 0.15) is 44.2 Å². The lowest BCUT2D eigenvalue weighted by atomic mass is 9.85. The number of benzene rings is 1. The SMILES string of the molecule is COC(=O)Cc1ccccc1CN1CCCC(C)(C)CC1. The molecule has 0 saturated carbocycles. The van der Waals surface area contributed by atoms with Gasteiger partial charge >= 0.3 is 5.97 Å². The second kappa shape index (κ2) is 7.08. The van der Waals surface area contributed by atoms with E-state index in [1.54, 1.807) is 0 Å². The molecule has 1 saturated heterocycles. The van der Waals surface area contributed by atoms with Crippen LogP contribution in [-0.2, 0) is 22.5 Å². The third-order valence-electron chi connectivity index (χ3n) is 4.51. The van der Waals surface area contributed by atoms with Crippen LogP contribution in [0.5, 0.6) is 0 Å². The minimum absolute atomic E-state index is 0.167. The van der Waals surface area contributed by atoms with E-state index in [0.717, 1.165) is 25.2 Å². The van der Waals surface area contributed by atoms with Crippen molar-refractivity contribution in [1.29, 1.82) is 0 Å². The maximum Gasteiger partial charge on any atom is 0.309 e. The van der Waals surface area contributed by atoms with Crippen molar-refractivity contribution in [2.24, 2.45) is 5.41 Å². The molecule has 21 heavy (non-hydrogen) atoms. The minimum Gasteiger partial charge on any atom is -0.469 e. The molecule has 0 bridgehead atoms. The highest BCUT2D eigenvalue weighted by Crippen LogP contribution is 2.30. The van der Waals surface area contributed by atoms with Crippen LogP contribution in [0.4, 0.5) is 0 Å². The largest absolute Gasteiger partial charge is 0.469 e. The molecule has 0 N–H and O–H groups in total. The second-order valence-corrected chi connectivity index (χ2v) is 6.82. The van der Waals surface area contributed by atoms with E-state index in [2.05, 4.69) is 30.9 Å². The van der Waals surface area contributed by atoms with Crippen LogP contribution >= 0.6 is 0 Å². The number of carbonyl (C=O) groups is 1. The number of ether oxygens (including phenoxy) is 1. The number of nitrogens with zero attached hydrogens (tertiary/aromatic N) is 1. The zero-order valence-corrected chi connectivity index (χ0v) is 13.5. The summed E-state index contributed by atoms with van der Waals surface area (Å²) in [5, 5.41) is 0. The van der Waals surface area contributed by atoms with Gasteiger partial charge in [-0.3, -0.25) is 9.69 Å². The molecule has 1 fully saturated rings. The third kappa shape index (κ3) is 4.85. The van der Waals surface area contributed by atoms with Crippen molar-refractivity contribution in [3.05, 3.63) is 35.4 Å². The molecule has 3 heteroatoms. The highest BCUT2D eigenvalue weighted by Gasteiger charge is 2.23. The lowest BCUT2D eigenvalue weighted by molar-refractivity contribution is -0.139. The molecule has 0 atom stereocenters. The quantitative estimate of drug-likeness (QED) is 0.796. The number of carbonyl (C=O) groups excluding carboxylic acids is 1. The number of rotatable bonds is 4. The zero-order valence-electron chi connectivity index (χ0n) is 13.5. The van der Waals surface area contributed by atoms with Gasteiger partial charge in [0.25, 0.3) is 0 Å². The van der Waals surface area contributed by atoms with Gasteiger partial charge in [-0.05, 0) is 48.9 Å². The number of likely N-dealkylation sites (tertiary alicyclic amines) is 1. The van der Waals surface area contributed by atoms with Crippen LogP contribution in [0.15, 0.2) is 24.3 Å². The molecule has 116 valence electrons. The number of esters is 1. The predicted octanol–water partition coefficient (Wildman–Crippen LogP) is 3.41. The average molecular weight is 289 g/mol. The Balaban J connectivity index is 2.03. The summed E-state index contributed by atoms with van der Waals surface area (Å²) in [5.74, 6) is -0.167. The van der Waals surface area contributed by atoms with E-state index in [4.69, 9.17) is 4.74 Å². The monoisotopic (exact) mass is 289 g/mol. The second-order valence-electron chi connectivity index (χ2n) is 6.82. The van der Waals surface area contributed by atoms with Crippen LogP contribution in [0, 0.1) is 5.41 Å². The highest BCUT2D eigenvalue weighted by molar-refractivity contribution is 5.72. The van der Waals surface area contributed by atoms with E-state index < -0.39 is 0 Å². The standard InChI is InChI=1S/C18H27NO2/c1-18(2)9-6-11-19(12-10-18)14-16-8-5-4-7-15(16)13-17(20)21-3/h4-5,7-8H,6,9-14H2,1-3H3. The van der Waals surface area contributed by atoms with E-state index in [-0.39, 0.29) is 5.97 Å². The van der Waals surface area contributed by atoms with Gasteiger partial charge in [-0.2, -0.15) is 0 Å². The van der Waals surface area contributed by atoms with E-state index in [9.17, 15) is 4.79 Å². The molecule has 1 aliphatic rings. The smallest absolute Gasteiger partial charge is 0.309 e. The Morgan fingerprint density at radius 2 is 1.90 bits per heavy atom. The Kier molecular flexibility index (Phi) is 5.40. The molecule has 1 aromatic rings. The molecular formula is C18H27NO2. The summed E-state index contributed by atoms with van der Waals surface area (Å²) in [6.45, 7) is 7.95. The fourth-order valence-corrected chi connectivity index (χ4v) is 2.99. The summed E-state index contributed by atoms with van der Waals surface area (Å²) in [7, 11) is 1.45. The van der Waals surface area contributed by atoms with E-state index in [1.807, 2.05) is 12.1 Å². The van der Waals surface area contributed by atoms with Gasteiger partial charge in [0.2, 0.25) is 0 Å². The molecule has 2 rings (SSSR count). The van der Waals surface area contributed by atoms with Gasteiger partial charge in [0, 0.05) is 6.54 Å². The van der Waals surface area contributed by atoms with Crippen LogP contribution in [-0.4, -0.2) is 31.1 Å². The van der Waals surface area contributed by atoms with Crippen LogP contribution < -0.4 is 0 Å². The third-order valence-corrected chi connectivity index (χ3v) is 4.51. The highest BCUT2D eigenvalue weighted by atomic mass is 16.5. The van der Waals surface area contributed by atoms with Gasteiger partial charge in [-0.1, -0.05) is 38.1 Å². The van der Waals surface area contributed by atoms with Crippen molar-refractivity contribution in [2.75, 3.05) is 20.2 Å². The topological polar surface area (TPSA) is 29.5 Å². The average Bonchev–Trinajstić information content (AvgIpc) is 2.62. The summed E-state index contributed by atoms with van der Waals surface area (Å²) in [4.78, 5) is 14.0. The predicted molar refractivity (Wildman–Crippen MR) is 85.1 cm³/mol. The molecule has 1 heterocycles. The fourth-order valence-electron chi connectivity index (χ4n) is 2.99. The zero-order chi connectivity index (χ0) is 15.3. The van der Waals surface area contributed by atoms with Gasteiger partial charge in [0.05, 0.1) is 13.5 Å². The summed E-state index contributed by atoms with van der Waals surface area (Å²) in [5.41, 5.74) is 2.80. The van der Waals surface area contributed by atoms with Gasteiger partial charge in [0.15, 0.2) is 0 Å². The number of hydrogen-bond acceptors (Lipinski definition) is 3. The van der Waals surface area contributed by atoms with E-state index in [1.165, 1.54) is 31.9 Å². The van der Waals surface area contributed by atoms with Gasteiger partial charge in [-0.25, -0.2) is 0 Å². The van der Waals surface area contributed by atoms with Gasteiger partial charge in [-0.15, -0.1) is 0 Å². The molecule has 0 aliphatic carbocycles. The van der Waals surface area contributed by atoms with Crippen LogP contribution in [0.3, 0.4) is 0 Å². The Labute approximate surface area is 128 Å². The Hall–Kier alpha value is -1.35. The van der Waals surface area contributed by atoms with Crippen molar-refractivity contribution in [1.82, 2.24) is 4.90 Å². The molecule has 0 radical (unpaired) electrons. The van der Waals surface area contributed by atoms with Crippen molar-refractivity contribution in [2.45, 2.75) is 46.1 Å². The first kappa shape index (κ1) is 16.0. The normalized spacial score (nSPS) is 19.0. The summed E-state index contributed by atoms with van der Waals surface area (Å²) >= 11 is 0. The molecular weight excluding hydrogens is 262 g/mol. The minimum atomic E-state index is -0.167. The van der Waals surface area contributed by atoms with E-state index in [0.29, 0.717) is 11.8 Å². The number of hydrogen-bond donors (Lipinski definition) is 0. The summed E-state index contributed by atoms with van der Waals surface area (Å²) in [6.07, 6.45) is 4.16. The molecule has 1 aromatic carbocycles. The lowest BCUT2D eigenvalue weighted by Crippen LogP contribution is -2.25. The van der Waals surface area contributed by atoms with Gasteiger partial charge in [0.1, 0.15) is 0 Å². The first-order chi connectivity index (χ1) is 10.00. The molecule has 0 spiro atoms. The van der Waals surface area contributed by atoms with Gasteiger partial charge < -0.3 is 4.74 Å². The maximum atomic E-state index is 11.5. The molecule has 1 aliphatic heterocycles. The van der Waals surface area contributed by atoms with Crippen LogP contribution in [0.2, 0.25) is 0 Å². The molecule has 3 nitrogen and oxygen atoms in total. The first-order valence-corrected chi connectivity index (χ1v) is 7.86. The summed E-state index contributed by atoms with van der Waals surface area (Å²) in [6, 6.07) is 8.22. The lowest BCUT2D eigenvalue weighted by Gasteiger charge is -2.24. The number of methoxy groups -OCH3 is 1.